The van der Waals surface area contributed by atoms with Crippen LogP contribution in [0, 0.1) is 6.92 Å². The van der Waals surface area contributed by atoms with E-state index in [0.717, 1.165) is 24.7 Å². The van der Waals surface area contributed by atoms with Crippen molar-refractivity contribution in [1.29, 1.82) is 0 Å². The molecule has 0 aliphatic heterocycles. The van der Waals surface area contributed by atoms with Gasteiger partial charge in [-0.05, 0) is 37.5 Å². The third-order valence-electron chi connectivity index (χ3n) is 3.22. The molecule has 0 bridgehead atoms. The van der Waals surface area contributed by atoms with Crippen LogP contribution < -0.4 is 9.62 Å². The second-order valence-corrected chi connectivity index (χ2v) is 6.99. The van der Waals surface area contributed by atoms with Crippen LogP contribution in [-0.4, -0.2) is 33.7 Å². The predicted octanol–water partition coefficient (Wildman–Crippen LogP) is 1.28. The van der Waals surface area contributed by atoms with Crippen molar-refractivity contribution in [3.05, 3.63) is 29.3 Å². The number of nitrogens with zero attached hydrogens (tertiary/aromatic N) is 1. The summed E-state index contributed by atoms with van der Waals surface area (Å²) >= 11 is 0. The molecule has 2 rings (SSSR count). The summed E-state index contributed by atoms with van der Waals surface area (Å²) in [6, 6.07) is 5.38. The number of rotatable bonds is 4. The van der Waals surface area contributed by atoms with E-state index in [1.165, 1.54) is 11.4 Å². The van der Waals surface area contributed by atoms with Gasteiger partial charge in [0.1, 0.15) is 0 Å². The number of hydrogen-bond acceptors (Lipinski definition) is 3. The minimum absolute atomic E-state index is 0.148. The molecule has 0 aromatic heterocycles. The molecule has 0 unspecified atom stereocenters. The standard InChI is InChI=1S/C13H18N2O3S/c1-9-4-5-10(13(16)14-11-6-7-11)8-12(9)15(2)19(3,17)18/h4-5,8,11H,6-7H2,1-3H3,(H,14,16). The number of benzene rings is 1. The Bertz CT molecular complexity index is 606. The molecular weight excluding hydrogens is 264 g/mol. The van der Waals surface area contributed by atoms with Gasteiger partial charge in [0, 0.05) is 18.7 Å². The Morgan fingerprint density at radius 3 is 2.53 bits per heavy atom. The number of sulfonamides is 1. The lowest BCUT2D eigenvalue weighted by Crippen LogP contribution is -2.28. The van der Waals surface area contributed by atoms with E-state index in [9.17, 15) is 13.2 Å². The highest BCUT2D eigenvalue weighted by Crippen LogP contribution is 2.24. The molecular formula is C13H18N2O3S. The second kappa shape index (κ2) is 4.85. The molecule has 1 aliphatic carbocycles. The summed E-state index contributed by atoms with van der Waals surface area (Å²) in [4.78, 5) is 12.0. The summed E-state index contributed by atoms with van der Waals surface area (Å²) in [7, 11) is -1.84. The van der Waals surface area contributed by atoms with Crippen LogP contribution in [0.3, 0.4) is 0 Å². The molecule has 5 nitrogen and oxygen atoms in total. The summed E-state index contributed by atoms with van der Waals surface area (Å²) in [5, 5.41) is 2.89. The van der Waals surface area contributed by atoms with Gasteiger partial charge < -0.3 is 5.32 Å². The molecule has 1 aromatic rings. The SMILES string of the molecule is Cc1ccc(C(=O)NC2CC2)cc1N(C)S(C)(=O)=O. The van der Waals surface area contributed by atoms with Gasteiger partial charge in [0.15, 0.2) is 0 Å². The van der Waals surface area contributed by atoms with Crippen molar-refractivity contribution < 1.29 is 13.2 Å². The number of carbonyl (C=O) groups is 1. The van der Waals surface area contributed by atoms with E-state index in [1.807, 2.05) is 6.92 Å². The normalized spacial score (nSPS) is 15.1. The third kappa shape index (κ3) is 3.26. The van der Waals surface area contributed by atoms with Crippen LogP contribution in [0.15, 0.2) is 18.2 Å². The lowest BCUT2D eigenvalue weighted by molar-refractivity contribution is 0.0951. The number of aryl methyl sites for hydroxylation is 1. The maximum atomic E-state index is 12.0. The summed E-state index contributed by atoms with van der Waals surface area (Å²) in [6.45, 7) is 1.82. The number of amides is 1. The molecule has 6 heteroatoms. The van der Waals surface area contributed by atoms with Gasteiger partial charge in [-0.1, -0.05) is 6.07 Å². The van der Waals surface area contributed by atoms with Crippen LogP contribution in [0.4, 0.5) is 5.69 Å². The monoisotopic (exact) mass is 282 g/mol. The molecule has 104 valence electrons. The van der Waals surface area contributed by atoms with Gasteiger partial charge in [0.25, 0.3) is 5.91 Å². The van der Waals surface area contributed by atoms with Crippen molar-refractivity contribution in [2.75, 3.05) is 17.6 Å². The number of anilines is 1. The van der Waals surface area contributed by atoms with Gasteiger partial charge in [0.05, 0.1) is 11.9 Å². The smallest absolute Gasteiger partial charge is 0.251 e. The average molecular weight is 282 g/mol. The number of nitrogens with one attached hydrogen (secondary N) is 1. The molecule has 0 spiro atoms. The highest BCUT2D eigenvalue weighted by atomic mass is 32.2. The molecule has 1 saturated carbocycles. The zero-order valence-corrected chi connectivity index (χ0v) is 12.1. The third-order valence-corrected chi connectivity index (χ3v) is 4.41. The van der Waals surface area contributed by atoms with E-state index in [0.29, 0.717) is 11.3 Å². The van der Waals surface area contributed by atoms with Crippen LogP contribution in [0.1, 0.15) is 28.8 Å². The fraction of sp³-hybridized carbons (Fsp3) is 0.462. The summed E-state index contributed by atoms with van der Waals surface area (Å²) in [5.41, 5.74) is 1.84. The molecule has 1 N–H and O–H groups in total. The molecule has 0 saturated heterocycles. The minimum Gasteiger partial charge on any atom is -0.349 e. The molecule has 1 amide bonds. The largest absolute Gasteiger partial charge is 0.349 e. The average Bonchev–Trinajstić information content (AvgIpc) is 3.11. The molecule has 0 atom stereocenters. The van der Waals surface area contributed by atoms with Gasteiger partial charge in [0.2, 0.25) is 10.0 Å². The zero-order chi connectivity index (χ0) is 14.2. The molecule has 1 fully saturated rings. The van der Waals surface area contributed by atoms with Crippen LogP contribution in [0.5, 0.6) is 0 Å². The predicted molar refractivity (Wildman–Crippen MR) is 74.9 cm³/mol. The number of hydrogen-bond donors (Lipinski definition) is 1. The van der Waals surface area contributed by atoms with Gasteiger partial charge in [-0.25, -0.2) is 8.42 Å². The summed E-state index contributed by atoms with van der Waals surface area (Å²) in [6.07, 6.45) is 3.19. The maximum Gasteiger partial charge on any atom is 0.251 e. The lowest BCUT2D eigenvalue weighted by atomic mass is 10.1. The fourth-order valence-electron chi connectivity index (χ4n) is 1.76. The van der Waals surface area contributed by atoms with E-state index in [4.69, 9.17) is 0 Å². The highest BCUT2D eigenvalue weighted by molar-refractivity contribution is 7.92. The second-order valence-electron chi connectivity index (χ2n) is 4.98. The first-order valence-corrected chi connectivity index (χ1v) is 7.99. The van der Waals surface area contributed by atoms with E-state index < -0.39 is 10.0 Å². The Hall–Kier alpha value is -1.56. The van der Waals surface area contributed by atoms with Gasteiger partial charge in [-0.3, -0.25) is 9.10 Å². The van der Waals surface area contributed by atoms with Crippen LogP contribution >= 0.6 is 0 Å². The Kier molecular flexibility index (Phi) is 3.54. The first-order chi connectivity index (χ1) is 8.79. The van der Waals surface area contributed by atoms with Crippen molar-refractivity contribution in [1.82, 2.24) is 5.32 Å². The van der Waals surface area contributed by atoms with Crippen molar-refractivity contribution in [3.63, 3.8) is 0 Å². The Labute approximate surface area is 113 Å². The molecule has 1 aliphatic rings. The minimum atomic E-state index is -3.33. The summed E-state index contributed by atoms with van der Waals surface area (Å²) in [5.74, 6) is -0.148. The number of carbonyl (C=O) groups excluding carboxylic acids is 1. The van der Waals surface area contributed by atoms with Crippen LogP contribution in [-0.2, 0) is 10.0 Å². The van der Waals surface area contributed by atoms with Crippen LogP contribution in [0.25, 0.3) is 0 Å². The lowest BCUT2D eigenvalue weighted by Gasteiger charge is -2.19. The van der Waals surface area contributed by atoms with Gasteiger partial charge in [-0.15, -0.1) is 0 Å². The Balaban J connectivity index is 2.30. The molecule has 1 aromatic carbocycles. The fourth-order valence-corrected chi connectivity index (χ4v) is 2.32. The van der Waals surface area contributed by atoms with E-state index in [2.05, 4.69) is 5.32 Å². The van der Waals surface area contributed by atoms with E-state index in [-0.39, 0.29) is 11.9 Å². The highest BCUT2D eigenvalue weighted by Gasteiger charge is 2.24. The van der Waals surface area contributed by atoms with Crippen molar-refractivity contribution in [2.24, 2.45) is 0 Å². The zero-order valence-electron chi connectivity index (χ0n) is 11.3. The van der Waals surface area contributed by atoms with Crippen molar-refractivity contribution in [3.8, 4) is 0 Å². The Morgan fingerprint density at radius 1 is 1.37 bits per heavy atom. The van der Waals surface area contributed by atoms with Gasteiger partial charge >= 0.3 is 0 Å². The quantitative estimate of drug-likeness (QED) is 0.904. The van der Waals surface area contributed by atoms with E-state index >= 15 is 0 Å². The van der Waals surface area contributed by atoms with Crippen LogP contribution in [0.2, 0.25) is 0 Å². The van der Waals surface area contributed by atoms with Crippen molar-refractivity contribution >= 4 is 21.6 Å². The van der Waals surface area contributed by atoms with Crippen molar-refractivity contribution in [2.45, 2.75) is 25.8 Å². The van der Waals surface area contributed by atoms with Gasteiger partial charge in [-0.2, -0.15) is 0 Å². The molecule has 19 heavy (non-hydrogen) atoms. The molecule has 0 radical (unpaired) electrons. The van der Waals surface area contributed by atoms with E-state index in [1.54, 1.807) is 18.2 Å². The first kappa shape index (κ1) is 13.9. The summed E-state index contributed by atoms with van der Waals surface area (Å²) < 4.78 is 24.3. The Morgan fingerprint density at radius 2 is 2.00 bits per heavy atom. The maximum absolute atomic E-state index is 12.0. The molecule has 0 heterocycles. The topological polar surface area (TPSA) is 66.5 Å². The first-order valence-electron chi connectivity index (χ1n) is 6.14.